The van der Waals surface area contributed by atoms with Gasteiger partial charge in [-0.1, -0.05) is 25.1 Å². The fourth-order valence-corrected chi connectivity index (χ4v) is 5.18. The average molecular weight is 391 g/mol. The van der Waals surface area contributed by atoms with Crippen LogP contribution in [-0.2, 0) is 0 Å². The lowest BCUT2D eigenvalue weighted by molar-refractivity contribution is 0.0998. The molecule has 150 valence electrons. The number of primary amides is 1. The molecule has 1 heterocycles. The Labute approximate surface area is 171 Å². The van der Waals surface area contributed by atoms with E-state index in [1.54, 1.807) is 12.1 Å². The van der Waals surface area contributed by atoms with E-state index in [1.165, 1.54) is 11.6 Å². The van der Waals surface area contributed by atoms with Gasteiger partial charge in [0.15, 0.2) is 0 Å². The fraction of sp³-hybridized carbons (Fsp3) is 0.360. The molecule has 3 nitrogen and oxygen atoms in total. The number of hydrogen-bond acceptors (Lipinski definition) is 2. The maximum atomic E-state index is 13.8. The molecule has 2 aromatic carbocycles. The van der Waals surface area contributed by atoms with Crippen LogP contribution in [-0.4, -0.2) is 10.9 Å². The lowest BCUT2D eigenvalue weighted by Crippen LogP contribution is -2.23. The predicted octanol–water partition coefficient (Wildman–Crippen LogP) is 5.94. The van der Waals surface area contributed by atoms with Gasteiger partial charge in [-0.2, -0.15) is 0 Å². The van der Waals surface area contributed by atoms with Gasteiger partial charge in [0, 0.05) is 17.1 Å². The van der Waals surface area contributed by atoms with E-state index in [4.69, 9.17) is 5.73 Å². The summed E-state index contributed by atoms with van der Waals surface area (Å²) < 4.78 is 13.8. The number of nitrogens with zero attached hydrogens (tertiary/aromatic N) is 1. The third-order valence-corrected chi connectivity index (χ3v) is 6.58. The van der Waals surface area contributed by atoms with Gasteiger partial charge in [-0.3, -0.25) is 9.78 Å². The highest BCUT2D eigenvalue weighted by atomic mass is 19.1. The summed E-state index contributed by atoms with van der Waals surface area (Å²) in [6.07, 6.45) is 7.14. The minimum absolute atomic E-state index is 0.213. The SMILES string of the molecule is CC[C@@H](c1ccccc1C(N)=O)C1CCC(c2ccnc3ccc(F)cc23)CC1. The monoisotopic (exact) mass is 390 g/mol. The molecule has 2 N–H and O–H groups in total. The van der Waals surface area contributed by atoms with Crippen molar-refractivity contribution in [1.82, 2.24) is 4.98 Å². The molecular formula is C25H27FN2O. The first-order valence-electron chi connectivity index (χ1n) is 10.5. The van der Waals surface area contributed by atoms with Gasteiger partial charge in [-0.15, -0.1) is 0 Å². The van der Waals surface area contributed by atoms with Gasteiger partial charge in [0.05, 0.1) is 5.52 Å². The second kappa shape index (κ2) is 8.32. The summed E-state index contributed by atoms with van der Waals surface area (Å²) in [4.78, 5) is 16.3. The van der Waals surface area contributed by atoms with E-state index in [-0.39, 0.29) is 11.7 Å². The number of pyridine rings is 1. The highest BCUT2D eigenvalue weighted by Gasteiger charge is 2.30. The zero-order chi connectivity index (χ0) is 20.4. The van der Waals surface area contributed by atoms with Gasteiger partial charge in [-0.05, 0) is 91.3 Å². The summed E-state index contributed by atoms with van der Waals surface area (Å²) in [5.74, 6) is 0.725. The maximum Gasteiger partial charge on any atom is 0.248 e. The minimum Gasteiger partial charge on any atom is -0.366 e. The number of fused-ring (bicyclic) bond motifs is 1. The van der Waals surface area contributed by atoms with E-state index >= 15 is 0 Å². The third kappa shape index (κ3) is 3.89. The van der Waals surface area contributed by atoms with Crippen molar-refractivity contribution in [1.29, 1.82) is 0 Å². The van der Waals surface area contributed by atoms with Gasteiger partial charge in [-0.25, -0.2) is 4.39 Å². The van der Waals surface area contributed by atoms with E-state index in [9.17, 15) is 9.18 Å². The van der Waals surface area contributed by atoms with Gasteiger partial charge in [0.2, 0.25) is 5.91 Å². The molecule has 0 unspecified atom stereocenters. The lowest BCUT2D eigenvalue weighted by atomic mass is 9.70. The maximum absolute atomic E-state index is 13.8. The number of nitrogens with two attached hydrogens (primary N) is 1. The van der Waals surface area contributed by atoms with Crippen molar-refractivity contribution >= 4 is 16.8 Å². The molecule has 1 saturated carbocycles. The summed E-state index contributed by atoms with van der Waals surface area (Å²) in [6.45, 7) is 2.19. The molecule has 3 aromatic rings. The van der Waals surface area contributed by atoms with Gasteiger partial charge in [0.25, 0.3) is 0 Å². The standard InChI is InChI=1S/C25H27FN2O/c1-2-19(21-5-3-4-6-22(21)25(27)29)16-7-9-17(10-8-16)20-13-14-28-24-12-11-18(26)15-23(20)24/h3-6,11-17,19H,2,7-10H2,1H3,(H2,27,29)/t16?,17?,19-/m1/s1. The summed E-state index contributed by atoms with van der Waals surface area (Å²) in [7, 11) is 0. The number of carbonyl (C=O) groups excluding carboxylic acids is 1. The summed E-state index contributed by atoms with van der Waals surface area (Å²) in [5.41, 5.74) is 9.42. The molecule has 1 amide bonds. The molecule has 4 heteroatoms. The first kappa shape index (κ1) is 19.6. The van der Waals surface area contributed by atoms with Crippen LogP contribution in [0.25, 0.3) is 10.9 Å². The normalized spacial score (nSPS) is 20.5. The summed E-state index contributed by atoms with van der Waals surface area (Å²) >= 11 is 0. The van der Waals surface area contributed by atoms with Crippen molar-refractivity contribution in [2.75, 3.05) is 0 Å². The Balaban J connectivity index is 1.55. The van der Waals surface area contributed by atoms with Crippen LogP contribution < -0.4 is 5.73 Å². The second-order valence-corrected chi connectivity index (χ2v) is 8.14. The molecule has 1 aliphatic carbocycles. The van der Waals surface area contributed by atoms with Crippen LogP contribution in [0.2, 0.25) is 0 Å². The molecule has 0 radical (unpaired) electrons. The zero-order valence-corrected chi connectivity index (χ0v) is 16.8. The Morgan fingerprint density at radius 2 is 1.90 bits per heavy atom. The fourth-order valence-electron chi connectivity index (χ4n) is 5.18. The van der Waals surface area contributed by atoms with Crippen molar-refractivity contribution in [2.24, 2.45) is 11.7 Å². The largest absolute Gasteiger partial charge is 0.366 e. The minimum atomic E-state index is -0.349. The van der Waals surface area contributed by atoms with Crippen molar-refractivity contribution in [3.8, 4) is 0 Å². The Bertz CT molecular complexity index is 1020. The molecule has 1 aliphatic rings. The van der Waals surface area contributed by atoms with Crippen LogP contribution in [0.4, 0.5) is 4.39 Å². The quantitative estimate of drug-likeness (QED) is 0.586. The van der Waals surface area contributed by atoms with Gasteiger partial charge < -0.3 is 5.73 Å². The van der Waals surface area contributed by atoms with Gasteiger partial charge >= 0.3 is 0 Å². The van der Waals surface area contributed by atoms with E-state index in [2.05, 4.69) is 18.0 Å². The number of halogens is 1. The van der Waals surface area contributed by atoms with Crippen LogP contribution in [0.3, 0.4) is 0 Å². The summed E-state index contributed by atoms with van der Waals surface area (Å²) in [6, 6.07) is 14.7. The highest BCUT2D eigenvalue weighted by Crippen LogP contribution is 2.44. The highest BCUT2D eigenvalue weighted by molar-refractivity contribution is 5.94. The number of benzene rings is 2. The average Bonchev–Trinajstić information content (AvgIpc) is 2.74. The summed E-state index contributed by atoms with van der Waals surface area (Å²) in [5, 5.41) is 0.932. The van der Waals surface area contributed by atoms with E-state index in [1.807, 2.05) is 30.5 Å². The molecular weight excluding hydrogens is 363 g/mol. The second-order valence-electron chi connectivity index (χ2n) is 8.14. The van der Waals surface area contributed by atoms with E-state index < -0.39 is 0 Å². The molecule has 1 fully saturated rings. The molecule has 0 bridgehead atoms. The number of rotatable bonds is 5. The Hall–Kier alpha value is -2.75. The number of hydrogen-bond donors (Lipinski definition) is 1. The van der Waals surface area contributed by atoms with Crippen LogP contribution in [0.15, 0.2) is 54.7 Å². The number of aromatic nitrogens is 1. The van der Waals surface area contributed by atoms with Crippen LogP contribution in [0, 0.1) is 11.7 Å². The van der Waals surface area contributed by atoms with Crippen LogP contribution in [0.5, 0.6) is 0 Å². The van der Waals surface area contributed by atoms with Crippen molar-refractivity contribution in [3.05, 3.63) is 77.2 Å². The topological polar surface area (TPSA) is 56.0 Å². The zero-order valence-electron chi connectivity index (χ0n) is 16.8. The molecule has 0 aliphatic heterocycles. The Morgan fingerprint density at radius 1 is 1.14 bits per heavy atom. The first-order chi connectivity index (χ1) is 14.1. The third-order valence-electron chi connectivity index (χ3n) is 6.58. The molecule has 0 saturated heterocycles. The number of carbonyl (C=O) groups is 1. The molecule has 4 rings (SSSR count). The smallest absolute Gasteiger partial charge is 0.248 e. The number of amides is 1. The molecule has 0 spiro atoms. The van der Waals surface area contributed by atoms with Crippen molar-refractivity contribution < 1.29 is 9.18 Å². The molecule has 29 heavy (non-hydrogen) atoms. The molecule has 1 aromatic heterocycles. The molecule has 1 atom stereocenters. The van der Waals surface area contributed by atoms with Crippen LogP contribution in [0.1, 0.15) is 72.3 Å². The van der Waals surface area contributed by atoms with Crippen molar-refractivity contribution in [3.63, 3.8) is 0 Å². The lowest BCUT2D eigenvalue weighted by Gasteiger charge is -2.35. The van der Waals surface area contributed by atoms with E-state index in [0.717, 1.165) is 48.6 Å². The Morgan fingerprint density at radius 3 is 2.62 bits per heavy atom. The van der Waals surface area contributed by atoms with Crippen LogP contribution >= 0.6 is 0 Å². The first-order valence-corrected chi connectivity index (χ1v) is 10.5. The van der Waals surface area contributed by atoms with Crippen molar-refractivity contribution in [2.45, 2.75) is 50.9 Å². The van der Waals surface area contributed by atoms with E-state index in [0.29, 0.717) is 23.3 Å². The predicted molar refractivity (Wildman–Crippen MR) is 114 cm³/mol. The Kier molecular flexibility index (Phi) is 5.61. The van der Waals surface area contributed by atoms with Gasteiger partial charge in [0.1, 0.15) is 5.82 Å².